The lowest BCUT2D eigenvalue weighted by molar-refractivity contribution is -0.122. The summed E-state index contributed by atoms with van der Waals surface area (Å²) in [5, 5.41) is 3.55. The second-order valence-electron chi connectivity index (χ2n) is 5.10. The summed E-state index contributed by atoms with van der Waals surface area (Å²) < 4.78 is 0. The first-order chi connectivity index (χ1) is 7.77. The molecular weight excluding hydrogens is 200 g/mol. The van der Waals surface area contributed by atoms with E-state index in [1.165, 1.54) is 19.3 Å². The van der Waals surface area contributed by atoms with Crippen LogP contribution in [0.4, 0.5) is 0 Å². The third-order valence-corrected chi connectivity index (χ3v) is 3.93. The zero-order chi connectivity index (χ0) is 11.4. The minimum Gasteiger partial charge on any atom is -0.369 e. The largest absolute Gasteiger partial charge is 0.369 e. The van der Waals surface area contributed by atoms with E-state index < -0.39 is 0 Å². The Balaban J connectivity index is 1.76. The van der Waals surface area contributed by atoms with Crippen molar-refractivity contribution in [3.8, 4) is 0 Å². The highest BCUT2D eigenvalue weighted by atomic mass is 16.1. The van der Waals surface area contributed by atoms with Gasteiger partial charge in [0, 0.05) is 6.04 Å². The average molecular weight is 222 g/mol. The van der Waals surface area contributed by atoms with Crippen molar-refractivity contribution in [2.24, 2.45) is 17.6 Å². The first-order valence-electron chi connectivity index (χ1n) is 6.45. The smallest absolute Gasteiger partial charge is 0.222 e. The fourth-order valence-electron chi connectivity index (χ4n) is 2.90. The van der Waals surface area contributed by atoms with Gasteiger partial charge in [0.1, 0.15) is 0 Å². The van der Waals surface area contributed by atoms with Crippen LogP contribution in [0.15, 0.2) is 12.2 Å². The molecule has 0 radical (unpaired) electrons. The van der Waals surface area contributed by atoms with Crippen molar-refractivity contribution in [3.05, 3.63) is 12.2 Å². The first-order valence-corrected chi connectivity index (χ1v) is 6.45. The SMILES string of the molecule is NC(=O)C1CCCC1NCC1CC=CCC1. The molecule has 0 heterocycles. The standard InChI is InChI=1S/C13H22N2O/c14-13(16)11-7-4-8-12(11)15-9-10-5-2-1-3-6-10/h1-2,10-12,15H,3-9H2,(H2,14,16). The number of hydrogen-bond acceptors (Lipinski definition) is 2. The lowest BCUT2D eigenvalue weighted by Crippen LogP contribution is -2.41. The number of rotatable bonds is 4. The molecule has 0 bridgehead atoms. The maximum Gasteiger partial charge on any atom is 0.222 e. The lowest BCUT2D eigenvalue weighted by atomic mass is 9.93. The van der Waals surface area contributed by atoms with E-state index in [0.717, 1.165) is 31.7 Å². The van der Waals surface area contributed by atoms with Crippen LogP contribution in [0.5, 0.6) is 0 Å². The Morgan fingerprint density at radius 1 is 1.31 bits per heavy atom. The Hall–Kier alpha value is -0.830. The molecule has 0 spiro atoms. The van der Waals surface area contributed by atoms with Crippen molar-refractivity contribution in [2.75, 3.05) is 6.54 Å². The van der Waals surface area contributed by atoms with Gasteiger partial charge in [0.15, 0.2) is 0 Å². The molecule has 3 N–H and O–H groups in total. The quantitative estimate of drug-likeness (QED) is 0.710. The highest BCUT2D eigenvalue weighted by Gasteiger charge is 2.31. The van der Waals surface area contributed by atoms with Crippen LogP contribution in [0.2, 0.25) is 0 Å². The zero-order valence-corrected chi connectivity index (χ0v) is 9.82. The molecule has 3 atom stereocenters. The van der Waals surface area contributed by atoms with Gasteiger partial charge < -0.3 is 11.1 Å². The molecule has 1 fully saturated rings. The van der Waals surface area contributed by atoms with E-state index in [1.54, 1.807) is 0 Å². The van der Waals surface area contributed by atoms with Gasteiger partial charge in [-0.3, -0.25) is 4.79 Å². The number of nitrogens with one attached hydrogen (secondary N) is 1. The maximum absolute atomic E-state index is 11.2. The van der Waals surface area contributed by atoms with Crippen LogP contribution >= 0.6 is 0 Å². The molecule has 1 saturated carbocycles. The van der Waals surface area contributed by atoms with Crippen molar-refractivity contribution >= 4 is 5.91 Å². The average Bonchev–Trinajstić information content (AvgIpc) is 2.76. The summed E-state index contributed by atoms with van der Waals surface area (Å²) in [7, 11) is 0. The van der Waals surface area contributed by atoms with Gasteiger partial charge in [0.25, 0.3) is 0 Å². The maximum atomic E-state index is 11.2. The van der Waals surface area contributed by atoms with Gasteiger partial charge in [-0.1, -0.05) is 18.6 Å². The van der Waals surface area contributed by atoms with Gasteiger partial charge in [-0.2, -0.15) is 0 Å². The number of primary amides is 1. The lowest BCUT2D eigenvalue weighted by Gasteiger charge is -2.23. The molecule has 16 heavy (non-hydrogen) atoms. The van der Waals surface area contributed by atoms with Crippen molar-refractivity contribution < 1.29 is 4.79 Å². The molecule has 1 amide bonds. The number of carbonyl (C=O) groups is 1. The van der Waals surface area contributed by atoms with E-state index in [2.05, 4.69) is 17.5 Å². The first kappa shape index (κ1) is 11.6. The van der Waals surface area contributed by atoms with Crippen molar-refractivity contribution in [1.82, 2.24) is 5.32 Å². The van der Waals surface area contributed by atoms with Crippen LogP contribution in [0, 0.1) is 11.8 Å². The summed E-state index contributed by atoms with van der Waals surface area (Å²) in [5.74, 6) is 0.691. The van der Waals surface area contributed by atoms with E-state index in [-0.39, 0.29) is 11.8 Å². The zero-order valence-electron chi connectivity index (χ0n) is 9.82. The summed E-state index contributed by atoms with van der Waals surface area (Å²) >= 11 is 0. The predicted octanol–water partition coefficient (Wildman–Crippen LogP) is 1.59. The normalized spacial score (nSPS) is 34.1. The molecule has 3 nitrogen and oxygen atoms in total. The summed E-state index contributed by atoms with van der Waals surface area (Å²) in [6, 6.07) is 0.336. The van der Waals surface area contributed by atoms with Crippen LogP contribution in [0.25, 0.3) is 0 Å². The molecular formula is C13H22N2O. The van der Waals surface area contributed by atoms with E-state index in [0.29, 0.717) is 6.04 Å². The second kappa shape index (κ2) is 5.48. The highest BCUT2D eigenvalue weighted by Crippen LogP contribution is 2.26. The Morgan fingerprint density at radius 3 is 2.88 bits per heavy atom. The van der Waals surface area contributed by atoms with E-state index >= 15 is 0 Å². The Morgan fingerprint density at radius 2 is 2.19 bits per heavy atom. The monoisotopic (exact) mass is 222 g/mol. The molecule has 0 aromatic heterocycles. The molecule has 0 saturated heterocycles. The van der Waals surface area contributed by atoms with Crippen LogP contribution in [0.3, 0.4) is 0 Å². The van der Waals surface area contributed by atoms with Crippen LogP contribution < -0.4 is 11.1 Å². The topological polar surface area (TPSA) is 55.1 Å². The predicted molar refractivity (Wildman–Crippen MR) is 64.8 cm³/mol. The van der Waals surface area contributed by atoms with Gasteiger partial charge in [-0.25, -0.2) is 0 Å². The van der Waals surface area contributed by atoms with Crippen molar-refractivity contribution in [3.63, 3.8) is 0 Å². The van der Waals surface area contributed by atoms with Gasteiger partial charge in [0.05, 0.1) is 5.92 Å². The van der Waals surface area contributed by atoms with Crippen LogP contribution in [-0.2, 0) is 4.79 Å². The van der Waals surface area contributed by atoms with Crippen LogP contribution in [-0.4, -0.2) is 18.5 Å². The molecule has 2 aliphatic rings. The molecule has 2 aliphatic carbocycles. The molecule has 2 rings (SSSR count). The number of carbonyl (C=O) groups excluding carboxylic acids is 1. The summed E-state index contributed by atoms with van der Waals surface area (Å²) in [6.45, 7) is 1.04. The number of amides is 1. The molecule has 0 aromatic rings. The highest BCUT2D eigenvalue weighted by molar-refractivity contribution is 5.77. The van der Waals surface area contributed by atoms with E-state index in [9.17, 15) is 4.79 Å². The van der Waals surface area contributed by atoms with Gasteiger partial charge >= 0.3 is 0 Å². The van der Waals surface area contributed by atoms with Gasteiger partial charge in [-0.05, 0) is 44.6 Å². The second-order valence-corrected chi connectivity index (χ2v) is 5.10. The fraction of sp³-hybridized carbons (Fsp3) is 0.769. The van der Waals surface area contributed by atoms with Gasteiger partial charge in [-0.15, -0.1) is 0 Å². The molecule has 0 aromatic carbocycles. The van der Waals surface area contributed by atoms with Gasteiger partial charge in [0.2, 0.25) is 5.91 Å². The Kier molecular flexibility index (Phi) is 3.99. The summed E-state index contributed by atoms with van der Waals surface area (Å²) in [5.41, 5.74) is 5.41. The number of hydrogen-bond donors (Lipinski definition) is 2. The molecule has 3 unspecified atom stereocenters. The van der Waals surface area contributed by atoms with Crippen LogP contribution in [0.1, 0.15) is 38.5 Å². The third kappa shape index (κ3) is 2.85. The fourth-order valence-corrected chi connectivity index (χ4v) is 2.90. The molecule has 3 heteroatoms. The van der Waals surface area contributed by atoms with Crippen molar-refractivity contribution in [1.29, 1.82) is 0 Å². The minimum absolute atomic E-state index is 0.0686. The summed E-state index contributed by atoms with van der Waals surface area (Å²) in [4.78, 5) is 11.2. The number of allylic oxidation sites excluding steroid dienone is 2. The van der Waals surface area contributed by atoms with E-state index in [4.69, 9.17) is 5.73 Å². The molecule has 90 valence electrons. The Bertz CT molecular complexity index is 275. The Labute approximate surface area is 97.5 Å². The minimum atomic E-state index is -0.126. The number of nitrogens with two attached hydrogens (primary N) is 1. The third-order valence-electron chi connectivity index (χ3n) is 3.93. The summed E-state index contributed by atoms with van der Waals surface area (Å²) in [6.07, 6.45) is 11.4. The molecule has 0 aliphatic heterocycles. The van der Waals surface area contributed by atoms with Crippen molar-refractivity contribution in [2.45, 2.75) is 44.6 Å². The van der Waals surface area contributed by atoms with E-state index in [1.807, 2.05) is 0 Å².